The first kappa shape index (κ1) is 18.1. The molecule has 0 atom stereocenters. The third kappa shape index (κ3) is 3.33. The highest BCUT2D eigenvalue weighted by Crippen LogP contribution is 2.33. The number of amides is 1. The van der Waals surface area contributed by atoms with E-state index in [0.29, 0.717) is 22.7 Å². The Morgan fingerprint density at radius 1 is 1.07 bits per heavy atom. The van der Waals surface area contributed by atoms with Crippen LogP contribution in [-0.2, 0) is 13.0 Å². The van der Waals surface area contributed by atoms with E-state index in [1.807, 2.05) is 24.3 Å². The van der Waals surface area contributed by atoms with Gasteiger partial charge in [-0.15, -0.1) is 0 Å². The Morgan fingerprint density at radius 2 is 1.93 bits per heavy atom. The maximum absolute atomic E-state index is 13.0. The van der Waals surface area contributed by atoms with Crippen LogP contribution >= 0.6 is 0 Å². The first-order valence-electron chi connectivity index (χ1n) is 9.39. The van der Waals surface area contributed by atoms with Gasteiger partial charge in [0, 0.05) is 24.7 Å². The van der Waals surface area contributed by atoms with Gasteiger partial charge >= 0.3 is 0 Å². The molecule has 1 amide bonds. The van der Waals surface area contributed by atoms with Gasteiger partial charge in [-0.05, 0) is 31.0 Å². The van der Waals surface area contributed by atoms with Crippen molar-refractivity contribution in [1.82, 2.24) is 9.55 Å². The number of methoxy groups -OCH3 is 2. The van der Waals surface area contributed by atoms with Gasteiger partial charge in [-0.1, -0.05) is 24.3 Å². The summed E-state index contributed by atoms with van der Waals surface area (Å²) in [5, 5.41) is 3.01. The van der Waals surface area contributed by atoms with Crippen LogP contribution in [0.15, 0.2) is 48.7 Å². The summed E-state index contributed by atoms with van der Waals surface area (Å²) in [5.74, 6) is 1.78. The summed E-state index contributed by atoms with van der Waals surface area (Å²) in [4.78, 5) is 17.8. The van der Waals surface area contributed by atoms with Gasteiger partial charge in [-0.25, -0.2) is 4.98 Å². The van der Waals surface area contributed by atoms with Crippen molar-refractivity contribution in [3.8, 4) is 22.8 Å². The lowest BCUT2D eigenvalue weighted by Gasteiger charge is -2.14. The highest BCUT2D eigenvalue weighted by atomic mass is 16.5. The molecule has 2 heterocycles. The number of aryl methyl sites for hydroxylation is 2. The lowest BCUT2D eigenvalue weighted by molar-refractivity contribution is 0.102. The standard InChI is InChI=1S/C22H23N3O3/c1-27-19-11-7-9-16(21(19)28-2)22(26)24-17-10-4-3-8-15(17)18-14-25-13-6-5-12-20(25)23-18/h3-4,7-11,14H,5-6,12-13H2,1-2H3,(H,24,26). The van der Waals surface area contributed by atoms with Crippen LogP contribution < -0.4 is 14.8 Å². The van der Waals surface area contributed by atoms with Gasteiger partial charge in [-0.2, -0.15) is 0 Å². The van der Waals surface area contributed by atoms with E-state index >= 15 is 0 Å². The van der Waals surface area contributed by atoms with Gasteiger partial charge in [-0.3, -0.25) is 4.79 Å². The van der Waals surface area contributed by atoms with Gasteiger partial charge in [0.15, 0.2) is 11.5 Å². The fourth-order valence-corrected chi connectivity index (χ4v) is 3.61. The predicted molar refractivity (Wildman–Crippen MR) is 108 cm³/mol. The largest absolute Gasteiger partial charge is 0.493 e. The molecule has 0 saturated heterocycles. The summed E-state index contributed by atoms with van der Waals surface area (Å²) in [7, 11) is 3.08. The van der Waals surface area contributed by atoms with Gasteiger partial charge in [0.25, 0.3) is 5.91 Å². The van der Waals surface area contributed by atoms with Crippen molar-refractivity contribution in [3.05, 3.63) is 60.0 Å². The molecule has 144 valence electrons. The van der Waals surface area contributed by atoms with Crippen molar-refractivity contribution in [2.24, 2.45) is 0 Å². The number of benzene rings is 2. The maximum atomic E-state index is 13.0. The van der Waals surface area contributed by atoms with E-state index in [1.165, 1.54) is 20.0 Å². The fraction of sp³-hybridized carbons (Fsp3) is 0.273. The van der Waals surface area contributed by atoms with E-state index in [1.54, 1.807) is 25.3 Å². The Bertz CT molecular complexity index is 987. The number of ether oxygens (including phenoxy) is 2. The van der Waals surface area contributed by atoms with Crippen LogP contribution in [-0.4, -0.2) is 29.7 Å². The van der Waals surface area contributed by atoms with E-state index < -0.39 is 0 Å². The second-order valence-corrected chi connectivity index (χ2v) is 6.73. The molecule has 0 unspecified atom stereocenters. The summed E-state index contributed by atoms with van der Waals surface area (Å²) in [6.07, 6.45) is 5.42. The van der Waals surface area contributed by atoms with Gasteiger partial charge in [0.1, 0.15) is 5.82 Å². The monoisotopic (exact) mass is 377 g/mol. The molecule has 1 N–H and O–H groups in total. The van der Waals surface area contributed by atoms with Crippen molar-refractivity contribution in [3.63, 3.8) is 0 Å². The van der Waals surface area contributed by atoms with E-state index in [0.717, 1.165) is 30.0 Å². The van der Waals surface area contributed by atoms with Crippen molar-refractivity contribution < 1.29 is 14.3 Å². The molecule has 1 aliphatic rings. The number of anilines is 1. The second kappa shape index (κ2) is 7.76. The van der Waals surface area contributed by atoms with E-state index in [-0.39, 0.29) is 5.91 Å². The van der Waals surface area contributed by atoms with E-state index in [2.05, 4.69) is 16.1 Å². The summed E-state index contributed by atoms with van der Waals surface area (Å²) >= 11 is 0. The first-order chi connectivity index (χ1) is 13.7. The van der Waals surface area contributed by atoms with Crippen molar-refractivity contribution >= 4 is 11.6 Å². The number of nitrogens with one attached hydrogen (secondary N) is 1. The molecule has 0 spiro atoms. The van der Waals surface area contributed by atoms with Crippen LogP contribution in [0.1, 0.15) is 29.0 Å². The van der Waals surface area contributed by atoms with Gasteiger partial charge in [0.2, 0.25) is 0 Å². The van der Waals surface area contributed by atoms with E-state index in [4.69, 9.17) is 14.5 Å². The minimum absolute atomic E-state index is 0.257. The molecule has 2 aromatic carbocycles. The predicted octanol–water partition coefficient (Wildman–Crippen LogP) is 4.16. The lowest BCUT2D eigenvalue weighted by Crippen LogP contribution is -2.14. The highest BCUT2D eigenvalue weighted by molar-refractivity contribution is 6.08. The number of para-hydroxylation sites is 2. The molecule has 0 fully saturated rings. The topological polar surface area (TPSA) is 65.4 Å². The molecule has 28 heavy (non-hydrogen) atoms. The molecule has 0 bridgehead atoms. The van der Waals surface area contributed by atoms with Crippen LogP contribution in [0.5, 0.6) is 11.5 Å². The normalized spacial score (nSPS) is 12.9. The number of fused-ring (bicyclic) bond motifs is 1. The Hall–Kier alpha value is -3.28. The number of hydrogen-bond donors (Lipinski definition) is 1. The maximum Gasteiger partial charge on any atom is 0.259 e. The smallest absolute Gasteiger partial charge is 0.259 e. The van der Waals surface area contributed by atoms with Crippen LogP contribution in [0.4, 0.5) is 5.69 Å². The molecule has 1 aliphatic heterocycles. The number of rotatable bonds is 5. The number of aromatic nitrogens is 2. The minimum atomic E-state index is -0.257. The molecule has 0 radical (unpaired) electrons. The molecule has 1 aromatic heterocycles. The van der Waals surface area contributed by atoms with Gasteiger partial charge in [0.05, 0.1) is 31.2 Å². The molecule has 0 aliphatic carbocycles. The van der Waals surface area contributed by atoms with Gasteiger partial charge < -0.3 is 19.4 Å². The van der Waals surface area contributed by atoms with Crippen LogP contribution in [0.2, 0.25) is 0 Å². The average molecular weight is 377 g/mol. The van der Waals surface area contributed by atoms with Crippen molar-refractivity contribution in [1.29, 1.82) is 0 Å². The first-order valence-corrected chi connectivity index (χ1v) is 9.39. The minimum Gasteiger partial charge on any atom is -0.493 e. The summed E-state index contributed by atoms with van der Waals surface area (Å²) in [6, 6.07) is 13.0. The number of carbonyl (C=O) groups is 1. The average Bonchev–Trinajstić information content (AvgIpc) is 3.17. The highest BCUT2D eigenvalue weighted by Gasteiger charge is 2.19. The summed E-state index contributed by atoms with van der Waals surface area (Å²) < 4.78 is 12.9. The zero-order chi connectivity index (χ0) is 19.5. The fourth-order valence-electron chi connectivity index (χ4n) is 3.61. The Morgan fingerprint density at radius 3 is 2.71 bits per heavy atom. The molecule has 6 heteroatoms. The molecule has 4 rings (SSSR count). The number of carbonyl (C=O) groups excluding carboxylic acids is 1. The Balaban J connectivity index is 1.67. The SMILES string of the molecule is COc1cccc(C(=O)Nc2ccccc2-c2cn3c(n2)CCCC3)c1OC. The van der Waals surface area contributed by atoms with Crippen LogP contribution in [0, 0.1) is 0 Å². The molecular formula is C22H23N3O3. The number of nitrogens with zero attached hydrogens (tertiary/aromatic N) is 2. The second-order valence-electron chi connectivity index (χ2n) is 6.73. The quantitative estimate of drug-likeness (QED) is 0.725. The molecule has 0 saturated carbocycles. The zero-order valence-corrected chi connectivity index (χ0v) is 16.1. The zero-order valence-electron chi connectivity index (χ0n) is 16.1. The van der Waals surface area contributed by atoms with Crippen LogP contribution in [0.25, 0.3) is 11.3 Å². The molecule has 3 aromatic rings. The van der Waals surface area contributed by atoms with Crippen molar-refractivity contribution in [2.75, 3.05) is 19.5 Å². The third-order valence-electron chi connectivity index (χ3n) is 5.01. The number of imidazole rings is 1. The van der Waals surface area contributed by atoms with Crippen molar-refractivity contribution in [2.45, 2.75) is 25.8 Å². The number of hydrogen-bond acceptors (Lipinski definition) is 4. The van der Waals surface area contributed by atoms with Crippen LogP contribution in [0.3, 0.4) is 0 Å². The summed E-state index contributed by atoms with van der Waals surface area (Å²) in [6.45, 7) is 0.998. The molecule has 6 nitrogen and oxygen atoms in total. The lowest BCUT2D eigenvalue weighted by atomic mass is 10.1. The Kier molecular flexibility index (Phi) is 5.02. The Labute approximate surface area is 164 Å². The third-order valence-corrected chi connectivity index (χ3v) is 5.01. The summed E-state index contributed by atoms with van der Waals surface area (Å²) in [5.41, 5.74) is 2.92. The molecular weight excluding hydrogens is 354 g/mol. The van der Waals surface area contributed by atoms with E-state index in [9.17, 15) is 4.79 Å².